The summed E-state index contributed by atoms with van der Waals surface area (Å²) in [6.07, 6.45) is 4.86. The molecule has 0 aromatic heterocycles. The summed E-state index contributed by atoms with van der Waals surface area (Å²) in [7, 11) is 0. The Hall–Kier alpha value is -0.280. The van der Waals surface area contributed by atoms with Gasteiger partial charge in [0, 0.05) is 6.54 Å². The number of aliphatic carboxylic acids is 1. The minimum absolute atomic E-state index is 0.483. The summed E-state index contributed by atoms with van der Waals surface area (Å²) in [5, 5.41) is 7.87. The van der Waals surface area contributed by atoms with Crippen LogP contribution in [-0.2, 0) is 4.79 Å². The first-order chi connectivity index (χ1) is 6.20. The van der Waals surface area contributed by atoms with Gasteiger partial charge in [-0.1, -0.05) is 12.8 Å². The van der Waals surface area contributed by atoms with E-state index in [1.54, 1.807) is 0 Å². The Kier molecular flexibility index (Phi) is 4.53. The summed E-state index contributed by atoms with van der Waals surface area (Å²) in [6, 6.07) is 0. The van der Waals surface area contributed by atoms with Crippen molar-refractivity contribution in [2.75, 3.05) is 19.6 Å². The van der Waals surface area contributed by atoms with Crippen LogP contribution >= 0.6 is 11.6 Å². The Labute approximate surface area is 83.7 Å². The van der Waals surface area contributed by atoms with Crippen molar-refractivity contribution in [3.8, 4) is 0 Å². The molecule has 0 radical (unpaired) electrons. The Morgan fingerprint density at radius 3 is 2.31 bits per heavy atom. The molecule has 1 rings (SSSR count). The Balaban J connectivity index is 2.29. The number of nitrogens with zero attached hydrogens (tertiary/aromatic N) is 1. The Bertz CT molecular complexity index is 167. The summed E-state index contributed by atoms with van der Waals surface area (Å²) in [4.78, 5) is 12.7. The zero-order valence-electron chi connectivity index (χ0n) is 7.71. The maximum atomic E-state index is 10.5. The van der Waals surface area contributed by atoms with Crippen LogP contribution in [0.4, 0.5) is 0 Å². The topological polar surface area (TPSA) is 40.5 Å². The molecule has 1 unspecified atom stereocenters. The largest absolute Gasteiger partial charge is 0.480 e. The molecule has 0 aromatic carbocycles. The van der Waals surface area contributed by atoms with Crippen molar-refractivity contribution in [1.82, 2.24) is 4.90 Å². The smallest absolute Gasteiger partial charge is 0.322 e. The van der Waals surface area contributed by atoms with Crippen LogP contribution in [0.25, 0.3) is 0 Å². The predicted molar refractivity (Wildman–Crippen MR) is 52.2 cm³/mol. The molecule has 1 atom stereocenters. The molecule has 13 heavy (non-hydrogen) atoms. The second kappa shape index (κ2) is 5.45. The molecule has 1 aliphatic heterocycles. The van der Waals surface area contributed by atoms with Gasteiger partial charge in [0.15, 0.2) is 0 Å². The van der Waals surface area contributed by atoms with Crippen LogP contribution in [-0.4, -0.2) is 41.0 Å². The summed E-state index contributed by atoms with van der Waals surface area (Å²) in [6.45, 7) is 2.48. The normalized spacial score (nSPS) is 22.2. The van der Waals surface area contributed by atoms with Gasteiger partial charge in [0.05, 0.1) is 0 Å². The van der Waals surface area contributed by atoms with Gasteiger partial charge in [-0.05, 0) is 25.9 Å². The molecule has 0 saturated carbocycles. The fraction of sp³-hybridized carbons (Fsp3) is 0.889. The zero-order valence-corrected chi connectivity index (χ0v) is 8.46. The number of carbonyl (C=O) groups is 1. The maximum absolute atomic E-state index is 10.5. The summed E-state index contributed by atoms with van der Waals surface area (Å²) >= 11 is 5.66. The van der Waals surface area contributed by atoms with Gasteiger partial charge in [-0.25, -0.2) is 0 Å². The lowest BCUT2D eigenvalue weighted by atomic mass is 10.2. The van der Waals surface area contributed by atoms with Crippen molar-refractivity contribution in [1.29, 1.82) is 0 Å². The maximum Gasteiger partial charge on any atom is 0.322 e. The van der Waals surface area contributed by atoms with Crippen LogP contribution in [0.2, 0.25) is 0 Å². The van der Waals surface area contributed by atoms with Crippen molar-refractivity contribution in [2.45, 2.75) is 31.1 Å². The fourth-order valence-corrected chi connectivity index (χ4v) is 1.82. The van der Waals surface area contributed by atoms with E-state index in [1.165, 1.54) is 25.7 Å². The van der Waals surface area contributed by atoms with Crippen molar-refractivity contribution in [2.24, 2.45) is 0 Å². The highest BCUT2D eigenvalue weighted by Gasteiger charge is 2.18. The lowest BCUT2D eigenvalue weighted by molar-refractivity contribution is -0.136. The minimum atomic E-state index is -0.911. The molecular formula is C9H16ClNO2. The van der Waals surface area contributed by atoms with Gasteiger partial charge in [0.2, 0.25) is 0 Å². The Morgan fingerprint density at radius 2 is 1.85 bits per heavy atom. The van der Waals surface area contributed by atoms with Gasteiger partial charge in [0.1, 0.15) is 5.38 Å². The second-order valence-electron chi connectivity index (χ2n) is 3.52. The third-order valence-corrected chi connectivity index (χ3v) is 2.71. The SMILES string of the molecule is O=C(O)C(Cl)CN1CCCCCC1. The number of halogens is 1. The van der Waals surface area contributed by atoms with Crippen molar-refractivity contribution >= 4 is 17.6 Å². The van der Waals surface area contributed by atoms with E-state index < -0.39 is 11.3 Å². The first-order valence-electron chi connectivity index (χ1n) is 4.79. The number of hydrogen-bond acceptors (Lipinski definition) is 2. The van der Waals surface area contributed by atoms with Gasteiger partial charge in [0.25, 0.3) is 0 Å². The average Bonchev–Trinajstić information content (AvgIpc) is 2.32. The molecule has 1 fully saturated rings. The van der Waals surface area contributed by atoms with Crippen molar-refractivity contribution < 1.29 is 9.90 Å². The van der Waals surface area contributed by atoms with Crippen LogP contribution in [0, 0.1) is 0 Å². The van der Waals surface area contributed by atoms with Crippen LogP contribution < -0.4 is 0 Å². The van der Waals surface area contributed by atoms with Gasteiger partial charge in [-0.2, -0.15) is 0 Å². The number of alkyl halides is 1. The Morgan fingerprint density at radius 1 is 1.31 bits per heavy atom. The van der Waals surface area contributed by atoms with Crippen LogP contribution in [0.15, 0.2) is 0 Å². The van der Waals surface area contributed by atoms with E-state index in [0.717, 1.165) is 13.1 Å². The standard InChI is InChI=1S/C9H16ClNO2/c10-8(9(12)13)7-11-5-3-1-2-4-6-11/h8H,1-7H2,(H,12,13). The number of rotatable bonds is 3. The molecule has 0 spiro atoms. The summed E-state index contributed by atoms with van der Waals surface area (Å²) in [5.41, 5.74) is 0. The van der Waals surface area contributed by atoms with E-state index in [-0.39, 0.29) is 0 Å². The summed E-state index contributed by atoms with van der Waals surface area (Å²) in [5.74, 6) is -0.911. The van der Waals surface area contributed by atoms with Crippen LogP contribution in [0.3, 0.4) is 0 Å². The number of hydrogen-bond donors (Lipinski definition) is 1. The highest BCUT2D eigenvalue weighted by atomic mass is 35.5. The molecule has 0 aromatic rings. The van der Waals surface area contributed by atoms with E-state index >= 15 is 0 Å². The van der Waals surface area contributed by atoms with E-state index in [4.69, 9.17) is 16.7 Å². The lowest BCUT2D eigenvalue weighted by Gasteiger charge is -2.20. The molecule has 76 valence electrons. The molecule has 0 aliphatic carbocycles. The van der Waals surface area contributed by atoms with Crippen molar-refractivity contribution in [3.05, 3.63) is 0 Å². The minimum Gasteiger partial charge on any atom is -0.480 e. The summed E-state index contributed by atoms with van der Waals surface area (Å²) < 4.78 is 0. The lowest BCUT2D eigenvalue weighted by Crippen LogP contribution is -2.34. The molecule has 3 nitrogen and oxygen atoms in total. The van der Waals surface area contributed by atoms with Gasteiger partial charge in [-0.3, -0.25) is 4.79 Å². The quantitative estimate of drug-likeness (QED) is 0.711. The van der Waals surface area contributed by atoms with E-state index in [2.05, 4.69) is 4.90 Å². The van der Waals surface area contributed by atoms with E-state index in [9.17, 15) is 4.79 Å². The number of carboxylic acid groups (broad SMARTS) is 1. The van der Waals surface area contributed by atoms with E-state index in [1.807, 2.05) is 0 Å². The molecule has 0 bridgehead atoms. The first kappa shape index (κ1) is 10.8. The van der Waals surface area contributed by atoms with E-state index in [0.29, 0.717) is 6.54 Å². The molecule has 1 N–H and O–H groups in total. The monoisotopic (exact) mass is 205 g/mol. The zero-order chi connectivity index (χ0) is 9.68. The molecule has 1 heterocycles. The number of carboxylic acids is 1. The number of likely N-dealkylation sites (tertiary alicyclic amines) is 1. The van der Waals surface area contributed by atoms with Crippen molar-refractivity contribution in [3.63, 3.8) is 0 Å². The van der Waals surface area contributed by atoms with Crippen LogP contribution in [0.5, 0.6) is 0 Å². The van der Waals surface area contributed by atoms with Gasteiger partial charge >= 0.3 is 5.97 Å². The second-order valence-corrected chi connectivity index (χ2v) is 4.05. The molecule has 0 amide bonds. The van der Waals surface area contributed by atoms with Gasteiger partial charge in [-0.15, -0.1) is 11.6 Å². The molecule has 1 saturated heterocycles. The predicted octanol–water partition coefficient (Wildman–Crippen LogP) is 1.55. The third kappa shape index (κ3) is 3.96. The highest BCUT2D eigenvalue weighted by Crippen LogP contribution is 2.11. The average molecular weight is 206 g/mol. The molecule has 1 aliphatic rings. The third-order valence-electron chi connectivity index (χ3n) is 2.39. The highest BCUT2D eigenvalue weighted by molar-refractivity contribution is 6.29. The molecule has 4 heteroatoms. The molecular weight excluding hydrogens is 190 g/mol. The van der Waals surface area contributed by atoms with Crippen LogP contribution in [0.1, 0.15) is 25.7 Å². The fourth-order valence-electron chi connectivity index (χ4n) is 1.62. The first-order valence-corrected chi connectivity index (χ1v) is 5.23. The van der Waals surface area contributed by atoms with Gasteiger partial charge < -0.3 is 10.0 Å².